The summed E-state index contributed by atoms with van der Waals surface area (Å²) in [4.78, 5) is 0. The van der Waals surface area contributed by atoms with Gasteiger partial charge >= 0.3 is 0 Å². The van der Waals surface area contributed by atoms with E-state index in [1.54, 1.807) is 0 Å². The van der Waals surface area contributed by atoms with E-state index in [9.17, 15) is 5.11 Å². The first kappa shape index (κ1) is 20.0. The number of hydrogen-bond acceptors (Lipinski definition) is 1. The first-order valence-corrected chi connectivity index (χ1v) is 9.36. The first-order valence-electron chi connectivity index (χ1n) is 9.36. The quantitative estimate of drug-likeness (QED) is 0.341. The summed E-state index contributed by atoms with van der Waals surface area (Å²) < 4.78 is 0. The maximum Gasteiger partial charge on any atom is 0.0563 e. The van der Waals surface area contributed by atoms with Crippen molar-refractivity contribution in [1.29, 1.82) is 0 Å². The predicted molar refractivity (Wildman–Crippen MR) is 91.2 cm³/mol. The van der Waals surface area contributed by atoms with Crippen LogP contribution in [0.4, 0.5) is 0 Å². The normalized spacial score (nSPS) is 13.1. The molecule has 1 atom stereocenters. The largest absolute Gasteiger partial charge is 0.393 e. The molecule has 0 bridgehead atoms. The van der Waals surface area contributed by atoms with Gasteiger partial charge in [0.05, 0.1) is 6.10 Å². The lowest BCUT2D eigenvalue weighted by atomic mass is 10.00. The molecule has 0 aliphatic rings. The average molecular weight is 285 g/mol. The van der Waals surface area contributed by atoms with Gasteiger partial charge in [0, 0.05) is 0 Å². The van der Waals surface area contributed by atoms with Crippen molar-refractivity contribution in [1.82, 2.24) is 0 Å². The minimum atomic E-state index is -0.0808. The highest BCUT2D eigenvalue weighted by Gasteiger charge is 2.07. The number of hydrogen-bond donors (Lipinski definition) is 1. The molecule has 0 aromatic carbocycles. The summed E-state index contributed by atoms with van der Waals surface area (Å²) in [5, 5.41) is 9.70. The van der Waals surface area contributed by atoms with E-state index < -0.39 is 0 Å². The highest BCUT2D eigenvalue weighted by Crippen LogP contribution is 2.14. The third kappa shape index (κ3) is 14.4. The fourth-order valence-electron chi connectivity index (χ4n) is 2.70. The van der Waals surface area contributed by atoms with Crippen molar-refractivity contribution in [3.8, 4) is 0 Å². The zero-order chi connectivity index (χ0) is 15.1. The molecule has 1 unspecified atom stereocenters. The highest BCUT2D eigenvalue weighted by molar-refractivity contribution is 4.59. The Kier molecular flexibility index (Phi) is 15.3. The zero-order valence-corrected chi connectivity index (χ0v) is 14.5. The number of aliphatic hydroxyl groups is 1. The minimum absolute atomic E-state index is 0.0808. The Morgan fingerprint density at radius 1 is 0.600 bits per heavy atom. The molecule has 0 saturated carbocycles. The second-order valence-corrected chi connectivity index (χ2v) is 6.84. The number of unbranched alkanes of at least 4 members (excludes halogenated alkanes) is 12. The second-order valence-electron chi connectivity index (χ2n) is 6.84. The van der Waals surface area contributed by atoms with Gasteiger partial charge in [-0.1, -0.05) is 104 Å². The molecule has 0 aromatic heterocycles. The summed E-state index contributed by atoms with van der Waals surface area (Å²) in [5.74, 6) is 0.423. The van der Waals surface area contributed by atoms with E-state index in [2.05, 4.69) is 20.8 Å². The topological polar surface area (TPSA) is 20.2 Å². The van der Waals surface area contributed by atoms with Crippen LogP contribution in [-0.4, -0.2) is 11.2 Å². The fourth-order valence-corrected chi connectivity index (χ4v) is 2.70. The van der Waals surface area contributed by atoms with E-state index in [0.29, 0.717) is 5.92 Å². The van der Waals surface area contributed by atoms with Crippen LogP contribution in [0.5, 0.6) is 0 Å². The van der Waals surface area contributed by atoms with Crippen LogP contribution < -0.4 is 0 Å². The van der Waals surface area contributed by atoms with Crippen molar-refractivity contribution in [2.75, 3.05) is 0 Å². The van der Waals surface area contributed by atoms with Gasteiger partial charge in [-0.2, -0.15) is 0 Å². The molecule has 1 heteroatoms. The van der Waals surface area contributed by atoms with Gasteiger partial charge in [-0.25, -0.2) is 0 Å². The highest BCUT2D eigenvalue weighted by atomic mass is 16.3. The third-order valence-electron chi connectivity index (χ3n) is 4.37. The molecule has 0 heterocycles. The third-order valence-corrected chi connectivity index (χ3v) is 4.37. The van der Waals surface area contributed by atoms with E-state index in [-0.39, 0.29) is 6.10 Å². The van der Waals surface area contributed by atoms with Crippen LogP contribution in [-0.2, 0) is 0 Å². The van der Waals surface area contributed by atoms with Crippen LogP contribution in [0.1, 0.15) is 111 Å². The van der Waals surface area contributed by atoms with Crippen molar-refractivity contribution in [2.24, 2.45) is 5.92 Å². The Morgan fingerprint density at radius 3 is 1.30 bits per heavy atom. The molecule has 0 aliphatic carbocycles. The second kappa shape index (κ2) is 15.4. The van der Waals surface area contributed by atoms with Gasteiger partial charge in [-0.3, -0.25) is 0 Å². The molecule has 0 fully saturated rings. The SMILES string of the molecule is CCCCCCCCCCCCCCCC(O)C(C)C. The standard InChI is InChI=1S/C19H40O/c1-4-5-6-7-8-9-10-11-12-13-14-15-16-17-19(20)18(2)3/h18-20H,4-17H2,1-3H3. The van der Waals surface area contributed by atoms with Gasteiger partial charge in [0.1, 0.15) is 0 Å². The van der Waals surface area contributed by atoms with Gasteiger partial charge in [0.15, 0.2) is 0 Å². The molecule has 0 aromatic rings. The van der Waals surface area contributed by atoms with Crippen LogP contribution in [0.25, 0.3) is 0 Å². The molecule has 0 spiro atoms. The smallest absolute Gasteiger partial charge is 0.0563 e. The van der Waals surface area contributed by atoms with Gasteiger partial charge in [-0.05, 0) is 12.3 Å². The number of aliphatic hydroxyl groups excluding tert-OH is 1. The van der Waals surface area contributed by atoms with Gasteiger partial charge in [-0.15, -0.1) is 0 Å². The first-order chi connectivity index (χ1) is 9.68. The van der Waals surface area contributed by atoms with Crippen molar-refractivity contribution in [3.63, 3.8) is 0 Å². The molecule has 0 aliphatic heterocycles. The molecular weight excluding hydrogens is 244 g/mol. The maximum atomic E-state index is 9.70. The fraction of sp³-hybridized carbons (Fsp3) is 1.00. The molecule has 1 nitrogen and oxygen atoms in total. The average Bonchev–Trinajstić information content (AvgIpc) is 2.43. The van der Waals surface area contributed by atoms with Gasteiger partial charge < -0.3 is 5.11 Å². The predicted octanol–water partition coefficient (Wildman–Crippen LogP) is 6.48. The minimum Gasteiger partial charge on any atom is -0.393 e. The molecule has 0 rings (SSSR count). The molecule has 0 saturated heterocycles. The Morgan fingerprint density at radius 2 is 0.950 bits per heavy atom. The number of rotatable bonds is 15. The lowest BCUT2D eigenvalue weighted by molar-refractivity contribution is 0.113. The van der Waals surface area contributed by atoms with Crippen LogP contribution in [0.15, 0.2) is 0 Å². The van der Waals surface area contributed by atoms with Gasteiger partial charge in [0.2, 0.25) is 0 Å². The summed E-state index contributed by atoms with van der Waals surface area (Å²) in [6, 6.07) is 0. The van der Waals surface area contributed by atoms with E-state index in [0.717, 1.165) is 6.42 Å². The Bertz CT molecular complexity index is 177. The Hall–Kier alpha value is -0.0400. The molecular formula is C19H40O. The zero-order valence-electron chi connectivity index (χ0n) is 14.5. The Labute approximate surface area is 128 Å². The van der Waals surface area contributed by atoms with Gasteiger partial charge in [0.25, 0.3) is 0 Å². The molecule has 122 valence electrons. The molecule has 0 radical (unpaired) electrons. The summed E-state index contributed by atoms with van der Waals surface area (Å²) in [6.07, 6.45) is 19.1. The van der Waals surface area contributed by atoms with E-state index in [1.165, 1.54) is 83.5 Å². The summed E-state index contributed by atoms with van der Waals surface area (Å²) in [5.41, 5.74) is 0. The lowest BCUT2D eigenvalue weighted by Crippen LogP contribution is -2.13. The van der Waals surface area contributed by atoms with Crippen LogP contribution in [0.2, 0.25) is 0 Å². The molecule has 20 heavy (non-hydrogen) atoms. The van der Waals surface area contributed by atoms with Crippen LogP contribution >= 0.6 is 0 Å². The van der Waals surface area contributed by atoms with Crippen LogP contribution in [0, 0.1) is 5.92 Å². The monoisotopic (exact) mass is 284 g/mol. The Balaban J connectivity index is 3.03. The molecule has 1 N–H and O–H groups in total. The summed E-state index contributed by atoms with van der Waals surface area (Å²) in [7, 11) is 0. The van der Waals surface area contributed by atoms with Crippen LogP contribution in [0.3, 0.4) is 0 Å². The van der Waals surface area contributed by atoms with E-state index in [4.69, 9.17) is 0 Å². The maximum absolute atomic E-state index is 9.70. The van der Waals surface area contributed by atoms with Crippen molar-refractivity contribution in [2.45, 2.75) is 117 Å². The van der Waals surface area contributed by atoms with Crippen molar-refractivity contribution < 1.29 is 5.11 Å². The van der Waals surface area contributed by atoms with E-state index in [1.807, 2.05) is 0 Å². The van der Waals surface area contributed by atoms with E-state index >= 15 is 0 Å². The summed E-state index contributed by atoms with van der Waals surface area (Å²) >= 11 is 0. The van der Waals surface area contributed by atoms with Crippen molar-refractivity contribution >= 4 is 0 Å². The molecule has 0 amide bonds. The summed E-state index contributed by atoms with van der Waals surface area (Å²) in [6.45, 7) is 6.49. The van der Waals surface area contributed by atoms with Crippen molar-refractivity contribution in [3.05, 3.63) is 0 Å². The lowest BCUT2D eigenvalue weighted by Gasteiger charge is -2.13.